The van der Waals surface area contributed by atoms with Crippen molar-refractivity contribution in [2.75, 3.05) is 0 Å². The number of hydrogen-bond acceptors (Lipinski definition) is 2. The van der Waals surface area contributed by atoms with Gasteiger partial charge in [0.1, 0.15) is 11.6 Å². The normalized spacial score (nSPS) is 10.7. The Morgan fingerprint density at radius 2 is 1.68 bits per heavy atom. The fourth-order valence-electron chi connectivity index (χ4n) is 2.17. The lowest BCUT2D eigenvalue weighted by Crippen LogP contribution is -1.94. The lowest BCUT2D eigenvalue weighted by molar-refractivity contribution is 0.573. The van der Waals surface area contributed by atoms with E-state index < -0.39 is 11.6 Å². The molecular weight excluding hydrogens is 386 g/mol. The van der Waals surface area contributed by atoms with Gasteiger partial charge in [0.25, 0.3) is 0 Å². The van der Waals surface area contributed by atoms with Crippen LogP contribution in [0, 0.1) is 23.5 Å². The first kappa shape index (κ1) is 15.7. The molecule has 0 aliphatic carbocycles. The molecule has 0 saturated heterocycles. The van der Waals surface area contributed by atoms with E-state index in [2.05, 4.69) is 27.8 Å². The van der Waals surface area contributed by atoms with E-state index in [1.165, 1.54) is 23.5 Å². The highest BCUT2D eigenvalue weighted by atomic mass is 79.9. The van der Waals surface area contributed by atoms with Gasteiger partial charge in [-0.2, -0.15) is 0 Å². The van der Waals surface area contributed by atoms with Crippen LogP contribution in [-0.2, 0) is 6.42 Å². The molecule has 0 aliphatic heterocycles. The molecule has 1 aromatic carbocycles. The second-order valence-corrected chi connectivity index (χ2v) is 8.37. The molecule has 0 nitrogen and oxygen atoms in total. The van der Waals surface area contributed by atoms with Crippen molar-refractivity contribution in [3.63, 3.8) is 0 Å². The molecule has 0 atom stereocenters. The summed E-state index contributed by atoms with van der Waals surface area (Å²) in [4.78, 5) is 0.810. The van der Waals surface area contributed by atoms with Gasteiger partial charge in [-0.15, -0.1) is 22.7 Å². The minimum Gasteiger partial charge on any atom is -0.206 e. The lowest BCUT2D eigenvalue weighted by atomic mass is 10.1. The Balaban J connectivity index is 1.94. The van der Waals surface area contributed by atoms with Crippen LogP contribution in [-0.4, -0.2) is 0 Å². The molecule has 0 aliphatic rings. The van der Waals surface area contributed by atoms with Gasteiger partial charge in [0.2, 0.25) is 0 Å². The SMILES string of the molecule is CCCc1cc(F)c(C#Cc2cc3sc(Br)cc3s2)c(F)c1. The number of rotatable bonds is 2. The Labute approximate surface area is 143 Å². The molecule has 2 heterocycles. The molecular formula is C17H11BrF2S2. The molecule has 0 saturated carbocycles. The van der Waals surface area contributed by atoms with E-state index in [1.807, 2.05) is 19.1 Å². The van der Waals surface area contributed by atoms with Gasteiger partial charge in [0, 0.05) is 9.40 Å². The molecule has 112 valence electrons. The largest absolute Gasteiger partial charge is 0.206 e. The van der Waals surface area contributed by atoms with Gasteiger partial charge in [-0.05, 0) is 52.2 Å². The first-order chi connectivity index (χ1) is 10.6. The van der Waals surface area contributed by atoms with Crippen LogP contribution in [0.5, 0.6) is 0 Å². The summed E-state index contributed by atoms with van der Waals surface area (Å²) >= 11 is 6.57. The number of benzene rings is 1. The molecule has 0 N–H and O–H groups in total. The van der Waals surface area contributed by atoms with Crippen LogP contribution in [0.3, 0.4) is 0 Å². The molecule has 3 aromatic rings. The van der Waals surface area contributed by atoms with Gasteiger partial charge in [-0.1, -0.05) is 25.2 Å². The van der Waals surface area contributed by atoms with Crippen molar-refractivity contribution in [3.05, 3.63) is 55.7 Å². The number of hydrogen-bond donors (Lipinski definition) is 0. The van der Waals surface area contributed by atoms with Crippen molar-refractivity contribution >= 4 is 48.0 Å². The van der Waals surface area contributed by atoms with Crippen molar-refractivity contribution in [1.29, 1.82) is 0 Å². The first-order valence-electron chi connectivity index (χ1n) is 6.75. The van der Waals surface area contributed by atoms with Crippen LogP contribution in [0.25, 0.3) is 9.40 Å². The predicted octanol–water partition coefficient (Wildman–Crippen LogP) is 6.36. The van der Waals surface area contributed by atoms with Gasteiger partial charge < -0.3 is 0 Å². The van der Waals surface area contributed by atoms with E-state index in [0.29, 0.717) is 12.0 Å². The Morgan fingerprint density at radius 1 is 1.00 bits per heavy atom. The summed E-state index contributed by atoms with van der Waals surface area (Å²) in [5, 5.41) is 0. The van der Waals surface area contributed by atoms with Crippen molar-refractivity contribution < 1.29 is 8.78 Å². The van der Waals surface area contributed by atoms with Gasteiger partial charge >= 0.3 is 0 Å². The van der Waals surface area contributed by atoms with Crippen LogP contribution in [0.2, 0.25) is 0 Å². The number of aryl methyl sites for hydroxylation is 1. The Kier molecular flexibility index (Phi) is 4.62. The molecule has 0 spiro atoms. The average molecular weight is 397 g/mol. The zero-order chi connectivity index (χ0) is 15.7. The summed E-state index contributed by atoms with van der Waals surface area (Å²) < 4.78 is 31.3. The maximum absolute atomic E-state index is 14.0. The minimum atomic E-state index is -0.586. The van der Waals surface area contributed by atoms with Crippen LogP contribution >= 0.6 is 38.6 Å². The van der Waals surface area contributed by atoms with E-state index >= 15 is 0 Å². The highest BCUT2D eigenvalue weighted by Crippen LogP contribution is 2.35. The average Bonchev–Trinajstić information content (AvgIpc) is 2.94. The van der Waals surface area contributed by atoms with Crippen molar-refractivity contribution in [1.82, 2.24) is 0 Å². The number of thiophene rings is 2. The van der Waals surface area contributed by atoms with E-state index in [0.717, 1.165) is 24.5 Å². The minimum absolute atomic E-state index is 0.155. The predicted molar refractivity (Wildman–Crippen MR) is 93.7 cm³/mol. The summed E-state index contributed by atoms with van der Waals surface area (Å²) in [7, 11) is 0. The van der Waals surface area contributed by atoms with Crippen LogP contribution in [0.4, 0.5) is 8.78 Å². The molecule has 0 fully saturated rings. The zero-order valence-corrected chi connectivity index (χ0v) is 14.9. The standard InChI is InChI=1S/C17H11BrF2S2/c1-2-3-10-6-13(19)12(14(20)7-10)5-4-11-8-15-16(21-11)9-17(18)22-15/h6-9H,2-3H2,1H3. The third-order valence-electron chi connectivity index (χ3n) is 3.13. The smallest absolute Gasteiger partial charge is 0.142 e. The first-order valence-corrected chi connectivity index (χ1v) is 9.18. The summed E-state index contributed by atoms with van der Waals surface area (Å²) in [6.45, 7) is 1.98. The second-order valence-electron chi connectivity index (χ2n) is 4.82. The number of fused-ring (bicyclic) bond motifs is 1. The van der Waals surface area contributed by atoms with Gasteiger partial charge in [-0.3, -0.25) is 0 Å². The molecule has 0 bridgehead atoms. The van der Waals surface area contributed by atoms with E-state index in [-0.39, 0.29) is 5.56 Å². The molecule has 0 amide bonds. The van der Waals surface area contributed by atoms with Crippen LogP contribution < -0.4 is 0 Å². The highest BCUT2D eigenvalue weighted by molar-refractivity contribution is 9.11. The third kappa shape index (κ3) is 3.24. The fourth-order valence-corrected chi connectivity index (χ4v) is 5.05. The molecule has 2 aromatic heterocycles. The van der Waals surface area contributed by atoms with E-state index in [9.17, 15) is 8.78 Å². The molecule has 0 unspecified atom stereocenters. The summed E-state index contributed by atoms with van der Waals surface area (Å²) in [5.41, 5.74) is 0.516. The van der Waals surface area contributed by atoms with Gasteiger partial charge in [0.15, 0.2) is 0 Å². The Morgan fingerprint density at radius 3 is 2.32 bits per heavy atom. The summed E-state index contributed by atoms with van der Waals surface area (Å²) in [6.07, 6.45) is 1.52. The molecule has 5 heteroatoms. The van der Waals surface area contributed by atoms with Crippen molar-refractivity contribution in [2.45, 2.75) is 19.8 Å². The monoisotopic (exact) mass is 396 g/mol. The maximum atomic E-state index is 14.0. The zero-order valence-electron chi connectivity index (χ0n) is 11.7. The third-order valence-corrected chi connectivity index (χ3v) is 5.84. The maximum Gasteiger partial charge on any atom is 0.142 e. The quantitative estimate of drug-likeness (QED) is 0.442. The van der Waals surface area contributed by atoms with Crippen molar-refractivity contribution in [3.8, 4) is 11.8 Å². The lowest BCUT2D eigenvalue weighted by Gasteiger charge is -2.02. The highest BCUT2D eigenvalue weighted by Gasteiger charge is 2.09. The van der Waals surface area contributed by atoms with Gasteiger partial charge in [0.05, 0.1) is 14.2 Å². The topological polar surface area (TPSA) is 0 Å². The Hall–Kier alpha value is -1.22. The Bertz CT molecular complexity index is 842. The number of halogens is 3. The van der Waals surface area contributed by atoms with E-state index in [4.69, 9.17) is 0 Å². The molecule has 0 radical (unpaired) electrons. The van der Waals surface area contributed by atoms with Crippen LogP contribution in [0.15, 0.2) is 28.1 Å². The molecule has 3 rings (SSSR count). The van der Waals surface area contributed by atoms with Gasteiger partial charge in [-0.25, -0.2) is 8.78 Å². The fraction of sp³-hybridized carbons (Fsp3) is 0.176. The summed E-state index contributed by atoms with van der Waals surface area (Å²) in [5.74, 6) is 4.33. The van der Waals surface area contributed by atoms with Crippen molar-refractivity contribution in [2.24, 2.45) is 0 Å². The molecule has 22 heavy (non-hydrogen) atoms. The van der Waals surface area contributed by atoms with E-state index in [1.54, 1.807) is 11.3 Å². The van der Waals surface area contributed by atoms with Crippen LogP contribution in [0.1, 0.15) is 29.3 Å². The summed E-state index contributed by atoms with van der Waals surface area (Å²) in [6, 6.07) is 6.72. The second kappa shape index (κ2) is 6.49.